The van der Waals surface area contributed by atoms with Crippen molar-refractivity contribution < 1.29 is 21.9 Å². The van der Waals surface area contributed by atoms with Crippen LogP contribution in [0.2, 0.25) is 0 Å². The Kier molecular flexibility index (Phi) is 6.77. The molecule has 0 unspecified atom stereocenters. The van der Waals surface area contributed by atoms with Gasteiger partial charge < -0.3 is 9.64 Å². The molecule has 8 nitrogen and oxygen atoms in total. The fourth-order valence-electron chi connectivity index (χ4n) is 4.94. The minimum Gasteiger partial charge on any atom is -0.482 e. The van der Waals surface area contributed by atoms with Crippen molar-refractivity contribution in [2.75, 3.05) is 31.1 Å². The van der Waals surface area contributed by atoms with Crippen molar-refractivity contribution in [1.29, 1.82) is 0 Å². The van der Waals surface area contributed by atoms with Crippen LogP contribution in [-0.2, 0) is 22.9 Å². The van der Waals surface area contributed by atoms with Crippen LogP contribution in [0.1, 0.15) is 31.9 Å². The van der Waals surface area contributed by atoms with Crippen LogP contribution in [0.5, 0.6) is 5.75 Å². The van der Waals surface area contributed by atoms with E-state index in [1.54, 1.807) is 20.8 Å². The lowest BCUT2D eigenvalue weighted by Gasteiger charge is -2.38. The summed E-state index contributed by atoms with van der Waals surface area (Å²) in [5.41, 5.74) is 2.00. The molecule has 1 saturated heterocycles. The number of fused-ring (bicyclic) bond motifs is 1. The van der Waals surface area contributed by atoms with E-state index in [2.05, 4.69) is 5.10 Å². The van der Waals surface area contributed by atoms with Gasteiger partial charge in [0, 0.05) is 45.1 Å². The Balaban J connectivity index is 1.49. The van der Waals surface area contributed by atoms with E-state index in [9.17, 15) is 22.0 Å². The number of hydrogen-bond donors (Lipinski definition) is 0. The average Bonchev–Trinajstić information content (AvgIpc) is 3.26. The Hall–Kier alpha value is -3.31. The normalized spacial score (nSPS) is 17.0. The van der Waals surface area contributed by atoms with Crippen LogP contribution in [0, 0.1) is 11.6 Å². The molecule has 1 aliphatic carbocycles. The summed E-state index contributed by atoms with van der Waals surface area (Å²) in [4.78, 5) is 15.5. The van der Waals surface area contributed by atoms with Crippen LogP contribution in [0.15, 0.2) is 53.5 Å². The zero-order valence-corrected chi connectivity index (χ0v) is 22.3. The molecule has 2 aliphatic rings. The second-order valence-electron chi connectivity index (χ2n) is 10.6. The summed E-state index contributed by atoms with van der Waals surface area (Å²) in [7, 11) is -3.50. The number of nitrogens with zero attached hydrogens (tertiary/aromatic N) is 4. The Labute approximate surface area is 220 Å². The molecule has 3 aromatic rings. The summed E-state index contributed by atoms with van der Waals surface area (Å²) < 4.78 is 61.5. The smallest absolute Gasteiger partial charge is 0.316 e. The predicted molar refractivity (Wildman–Crippen MR) is 140 cm³/mol. The van der Waals surface area contributed by atoms with Gasteiger partial charge in [0.1, 0.15) is 23.4 Å². The maximum absolute atomic E-state index is 13.9. The first kappa shape index (κ1) is 26.3. The molecule has 5 rings (SSSR count). The molecule has 0 amide bonds. The lowest BCUT2D eigenvalue weighted by Crippen LogP contribution is -2.53. The van der Waals surface area contributed by atoms with E-state index in [4.69, 9.17) is 4.74 Å². The van der Waals surface area contributed by atoms with Crippen LogP contribution < -0.4 is 15.2 Å². The molecule has 1 aliphatic heterocycles. The number of rotatable bonds is 5. The second-order valence-corrected chi connectivity index (χ2v) is 13.3. The Morgan fingerprint density at radius 2 is 1.53 bits per heavy atom. The molecule has 2 heterocycles. The molecule has 0 radical (unpaired) electrons. The number of anilines is 1. The molecule has 202 valence electrons. The van der Waals surface area contributed by atoms with Gasteiger partial charge in [-0.05, 0) is 44.0 Å². The minimum absolute atomic E-state index is 0.0228. The van der Waals surface area contributed by atoms with Gasteiger partial charge in [0.25, 0.3) is 0 Å². The van der Waals surface area contributed by atoms with Gasteiger partial charge in [-0.2, -0.15) is 14.1 Å². The summed E-state index contributed by atoms with van der Waals surface area (Å²) in [6, 6.07) is 10.7. The van der Waals surface area contributed by atoms with Gasteiger partial charge in [-0.3, -0.25) is 4.79 Å². The van der Waals surface area contributed by atoms with Crippen LogP contribution in [-0.4, -0.2) is 59.5 Å². The number of ether oxygens (including phenoxy) is 1. The van der Waals surface area contributed by atoms with Crippen molar-refractivity contribution in [1.82, 2.24) is 14.1 Å². The van der Waals surface area contributed by atoms with Crippen molar-refractivity contribution in [3.63, 3.8) is 0 Å². The molecule has 0 saturated carbocycles. The molecule has 38 heavy (non-hydrogen) atoms. The van der Waals surface area contributed by atoms with E-state index in [0.29, 0.717) is 31.6 Å². The highest BCUT2D eigenvalue weighted by Crippen LogP contribution is 2.31. The van der Waals surface area contributed by atoms with Crippen molar-refractivity contribution >= 4 is 15.7 Å². The molecular weight excluding hydrogens is 514 g/mol. The van der Waals surface area contributed by atoms with E-state index in [-0.39, 0.29) is 30.6 Å². The molecule has 1 aromatic heterocycles. The third kappa shape index (κ3) is 4.92. The largest absolute Gasteiger partial charge is 0.482 e. The number of benzene rings is 2. The minimum atomic E-state index is -3.50. The average molecular weight is 545 g/mol. The summed E-state index contributed by atoms with van der Waals surface area (Å²) in [6.07, 6.45) is 2.37. The first-order chi connectivity index (χ1) is 17.9. The molecule has 0 atom stereocenters. The van der Waals surface area contributed by atoms with Crippen LogP contribution in [0.3, 0.4) is 0 Å². The van der Waals surface area contributed by atoms with Gasteiger partial charge in [-0.25, -0.2) is 17.2 Å². The Morgan fingerprint density at radius 3 is 2.08 bits per heavy atom. The van der Waals surface area contributed by atoms with E-state index in [0.717, 1.165) is 34.0 Å². The van der Waals surface area contributed by atoms with Gasteiger partial charge >= 0.3 is 5.56 Å². The maximum Gasteiger partial charge on any atom is 0.316 e. The van der Waals surface area contributed by atoms with E-state index in [1.807, 2.05) is 29.2 Å². The fourth-order valence-corrected chi connectivity index (χ4v) is 6.35. The lowest BCUT2D eigenvalue weighted by atomic mass is 10.1. The summed E-state index contributed by atoms with van der Waals surface area (Å²) >= 11 is 0. The molecule has 0 spiro atoms. The maximum atomic E-state index is 13.9. The van der Waals surface area contributed by atoms with Crippen molar-refractivity contribution in [3.05, 3.63) is 81.8 Å². The van der Waals surface area contributed by atoms with Crippen LogP contribution in [0.4, 0.5) is 14.5 Å². The third-order valence-corrected chi connectivity index (χ3v) is 9.59. The second kappa shape index (κ2) is 9.77. The first-order valence-electron chi connectivity index (χ1n) is 12.5. The summed E-state index contributed by atoms with van der Waals surface area (Å²) in [6.45, 7) is 6.14. The SMILES string of the molecule is CC(C)(C)S(=O)(=O)N1CCN(c2cnn(-c3cc(F)cc(F)c3)c(=O)c2OC2Cc3ccccc3C2)CC1. The summed E-state index contributed by atoms with van der Waals surface area (Å²) in [5, 5.41) is 4.20. The molecule has 0 bridgehead atoms. The number of aromatic nitrogens is 2. The Morgan fingerprint density at radius 1 is 0.947 bits per heavy atom. The molecule has 0 N–H and O–H groups in total. The standard InChI is InChI=1S/C27H30F2N4O4S/c1-27(2,3)38(35,36)32-10-8-31(9-11-32)24-17-30-33(22-15-20(28)14-21(29)16-22)26(34)25(24)37-23-12-18-6-4-5-7-19(18)13-23/h4-7,14-17,23H,8-13H2,1-3H3. The van der Waals surface area contributed by atoms with Crippen molar-refractivity contribution in [3.8, 4) is 11.4 Å². The third-order valence-electron chi connectivity index (χ3n) is 7.00. The molecule has 1 fully saturated rings. The lowest BCUT2D eigenvalue weighted by molar-refractivity contribution is 0.209. The molecule has 11 heteroatoms. The topological polar surface area (TPSA) is 84.7 Å². The van der Waals surface area contributed by atoms with Crippen LogP contribution in [0.25, 0.3) is 5.69 Å². The summed E-state index contributed by atoms with van der Waals surface area (Å²) in [5.74, 6) is -1.64. The zero-order chi connectivity index (χ0) is 27.2. The quantitative estimate of drug-likeness (QED) is 0.490. The van der Waals surface area contributed by atoms with Gasteiger partial charge in [-0.1, -0.05) is 24.3 Å². The highest BCUT2D eigenvalue weighted by atomic mass is 32.2. The highest BCUT2D eigenvalue weighted by molar-refractivity contribution is 7.90. The van der Waals surface area contributed by atoms with Crippen LogP contribution >= 0.6 is 0 Å². The van der Waals surface area contributed by atoms with Crippen molar-refractivity contribution in [2.24, 2.45) is 0 Å². The van der Waals surface area contributed by atoms with Gasteiger partial charge in [-0.15, -0.1) is 0 Å². The van der Waals surface area contributed by atoms with E-state index >= 15 is 0 Å². The zero-order valence-electron chi connectivity index (χ0n) is 21.5. The number of sulfonamides is 1. The fraction of sp³-hybridized carbons (Fsp3) is 0.407. The first-order valence-corrected chi connectivity index (χ1v) is 13.9. The number of halogens is 2. The van der Waals surface area contributed by atoms with E-state index < -0.39 is 32.0 Å². The monoisotopic (exact) mass is 544 g/mol. The number of piperazine rings is 1. The molecule has 2 aromatic carbocycles. The van der Waals surface area contributed by atoms with Gasteiger partial charge in [0.05, 0.1) is 16.6 Å². The van der Waals surface area contributed by atoms with E-state index in [1.165, 1.54) is 10.5 Å². The predicted octanol–water partition coefficient (Wildman–Crippen LogP) is 3.31. The van der Waals surface area contributed by atoms with Gasteiger partial charge in [0.15, 0.2) is 0 Å². The Bertz CT molecular complexity index is 1480. The van der Waals surface area contributed by atoms with Crippen molar-refractivity contribution in [2.45, 2.75) is 44.5 Å². The number of hydrogen-bond acceptors (Lipinski definition) is 6. The molecular formula is C27H30F2N4O4S. The van der Waals surface area contributed by atoms with Gasteiger partial charge in [0.2, 0.25) is 15.8 Å². The highest BCUT2D eigenvalue weighted by Gasteiger charge is 2.37.